The molecule has 1 saturated heterocycles. The molecule has 3 heterocycles. The van der Waals surface area contributed by atoms with Crippen molar-refractivity contribution in [2.75, 3.05) is 13.7 Å². The minimum Gasteiger partial charge on any atom is -0.468 e. The number of hydrogen-bond acceptors (Lipinski definition) is 6. The summed E-state index contributed by atoms with van der Waals surface area (Å²) in [6, 6.07) is 3.60. The van der Waals surface area contributed by atoms with Crippen LogP contribution in [0.2, 0.25) is 0 Å². The summed E-state index contributed by atoms with van der Waals surface area (Å²) in [6.45, 7) is 0.577. The van der Waals surface area contributed by atoms with Crippen molar-refractivity contribution in [3.63, 3.8) is 0 Å². The largest absolute Gasteiger partial charge is 0.468 e. The standard InChI is InChI=1S/C22H31N5O3/c1-30-21(29)22(11-6-12-24-20(22)28)13-16-9-10-18-25-17(14-27(18)26-16)19(23)15-7-4-2-3-5-8-15/h9-10,14-15,19H,2-8,11-13,23H2,1H3,(H,24,28)/t19-,22?/m0/s1. The molecule has 1 amide bonds. The van der Waals surface area contributed by atoms with Crippen LogP contribution in [-0.2, 0) is 20.7 Å². The first-order valence-corrected chi connectivity index (χ1v) is 11.0. The van der Waals surface area contributed by atoms with Gasteiger partial charge >= 0.3 is 5.97 Å². The van der Waals surface area contributed by atoms with E-state index in [0.717, 1.165) is 30.6 Å². The number of ether oxygens (including phenoxy) is 1. The zero-order valence-corrected chi connectivity index (χ0v) is 17.6. The third-order valence-corrected chi connectivity index (χ3v) is 6.70. The van der Waals surface area contributed by atoms with Gasteiger partial charge in [0.05, 0.1) is 30.7 Å². The first-order valence-electron chi connectivity index (χ1n) is 11.0. The molecule has 162 valence electrons. The van der Waals surface area contributed by atoms with E-state index in [-0.39, 0.29) is 18.4 Å². The van der Waals surface area contributed by atoms with Gasteiger partial charge in [-0.15, -0.1) is 0 Å². The lowest BCUT2D eigenvalue weighted by Gasteiger charge is -2.33. The number of methoxy groups -OCH3 is 1. The number of piperidine rings is 1. The van der Waals surface area contributed by atoms with E-state index in [4.69, 9.17) is 15.5 Å². The van der Waals surface area contributed by atoms with Crippen molar-refractivity contribution < 1.29 is 14.3 Å². The normalized spacial score (nSPS) is 24.3. The van der Waals surface area contributed by atoms with Crippen LogP contribution in [0.25, 0.3) is 5.65 Å². The highest BCUT2D eigenvalue weighted by atomic mass is 16.5. The van der Waals surface area contributed by atoms with Crippen molar-refractivity contribution in [1.82, 2.24) is 19.9 Å². The number of esters is 1. The van der Waals surface area contributed by atoms with Gasteiger partial charge in [0.15, 0.2) is 11.1 Å². The molecule has 0 radical (unpaired) electrons. The van der Waals surface area contributed by atoms with Gasteiger partial charge in [-0.3, -0.25) is 9.59 Å². The zero-order chi connectivity index (χ0) is 21.1. The lowest BCUT2D eigenvalue weighted by Crippen LogP contribution is -2.52. The topological polar surface area (TPSA) is 112 Å². The number of fused-ring (bicyclic) bond motifs is 1. The van der Waals surface area contributed by atoms with Gasteiger partial charge in [-0.25, -0.2) is 9.50 Å². The van der Waals surface area contributed by atoms with Crippen molar-refractivity contribution in [3.05, 3.63) is 29.7 Å². The first-order chi connectivity index (χ1) is 14.5. The van der Waals surface area contributed by atoms with E-state index in [1.807, 2.05) is 18.3 Å². The van der Waals surface area contributed by atoms with Crippen molar-refractivity contribution in [1.29, 1.82) is 0 Å². The molecular weight excluding hydrogens is 382 g/mol. The van der Waals surface area contributed by atoms with Gasteiger partial charge in [0.25, 0.3) is 0 Å². The van der Waals surface area contributed by atoms with Crippen LogP contribution in [0.3, 0.4) is 0 Å². The molecule has 8 heteroatoms. The predicted molar refractivity (Wildman–Crippen MR) is 112 cm³/mol. The Labute approximate surface area is 176 Å². The van der Waals surface area contributed by atoms with Gasteiger partial charge in [0, 0.05) is 13.0 Å². The molecule has 4 rings (SSSR count). The monoisotopic (exact) mass is 413 g/mol. The van der Waals surface area contributed by atoms with Gasteiger partial charge < -0.3 is 15.8 Å². The smallest absolute Gasteiger partial charge is 0.321 e. The molecule has 30 heavy (non-hydrogen) atoms. The van der Waals surface area contributed by atoms with E-state index in [1.54, 1.807) is 4.52 Å². The summed E-state index contributed by atoms with van der Waals surface area (Å²) in [5.74, 6) is -0.349. The fourth-order valence-electron chi connectivity index (χ4n) is 4.92. The number of rotatable bonds is 5. The molecule has 0 spiro atoms. The Morgan fingerprint density at radius 1 is 1.30 bits per heavy atom. The zero-order valence-electron chi connectivity index (χ0n) is 17.6. The molecule has 1 saturated carbocycles. The molecule has 3 N–H and O–H groups in total. The number of carbonyl (C=O) groups excluding carboxylic acids is 2. The molecule has 2 aromatic rings. The predicted octanol–water partition coefficient (Wildman–Crippen LogP) is 2.31. The Kier molecular flexibility index (Phi) is 6.04. The summed E-state index contributed by atoms with van der Waals surface area (Å²) in [5, 5.41) is 7.45. The van der Waals surface area contributed by atoms with Crippen LogP contribution in [0, 0.1) is 11.3 Å². The molecule has 2 aromatic heterocycles. The molecule has 2 fully saturated rings. The molecule has 2 aliphatic rings. The van der Waals surface area contributed by atoms with E-state index in [0.29, 0.717) is 24.6 Å². The molecule has 1 unspecified atom stereocenters. The van der Waals surface area contributed by atoms with Crippen LogP contribution in [0.15, 0.2) is 18.3 Å². The van der Waals surface area contributed by atoms with Gasteiger partial charge in [-0.1, -0.05) is 25.7 Å². The quantitative estimate of drug-likeness (QED) is 0.442. The fraction of sp³-hybridized carbons (Fsp3) is 0.636. The van der Waals surface area contributed by atoms with Gasteiger partial charge in [-0.05, 0) is 43.7 Å². The molecule has 0 bridgehead atoms. The van der Waals surface area contributed by atoms with E-state index < -0.39 is 11.4 Å². The van der Waals surface area contributed by atoms with Crippen molar-refractivity contribution >= 4 is 17.5 Å². The SMILES string of the molecule is COC(=O)C1(Cc2ccc3nc([C@@H](N)C4CCCCCC4)cn3n2)CCCNC1=O. The van der Waals surface area contributed by atoms with E-state index in [9.17, 15) is 9.59 Å². The number of nitrogens with one attached hydrogen (secondary N) is 1. The van der Waals surface area contributed by atoms with Crippen LogP contribution in [0.1, 0.15) is 68.8 Å². The number of imidazole rings is 1. The van der Waals surface area contributed by atoms with Crippen molar-refractivity contribution in [2.45, 2.75) is 63.8 Å². The summed E-state index contributed by atoms with van der Waals surface area (Å²) in [7, 11) is 1.32. The highest BCUT2D eigenvalue weighted by molar-refractivity contribution is 6.03. The van der Waals surface area contributed by atoms with Gasteiger partial charge in [0.2, 0.25) is 5.91 Å². The summed E-state index contributed by atoms with van der Waals surface area (Å²) >= 11 is 0. The van der Waals surface area contributed by atoms with Crippen LogP contribution in [0.4, 0.5) is 0 Å². The summed E-state index contributed by atoms with van der Waals surface area (Å²) in [6.07, 6.45) is 10.6. The van der Waals surface area contributed by atoms with E-state index in [1.165, 1.54) is 32.8 Å². The maximum Gasteiger partial charge on any atom is 0.321 e. The number of nitrogens with two attached hydrogens (primary N) is 1. The third kappa shape index (κ3) is 3.93. The Morgan fingerprint density at radius 3 is 2.77 bits per heavy atom. The second-order valence-corrected chi connectivity index (χ2v) is 8.68. The Hall–Kier alpha value is -2.48. The average molecular weight is 414 g/mol. The second-order valence-electron chi connectivity index (χ2n) is 8.68. The Balaban J connectivity index is 1.58. The highest BCUT2D eigenvalue weighted by Crippen LogP contribution is 2.34. The Morgan fingerprint density at radius 2 is 2.07 bits per heavy atom. The van der Waals surface area contributed by atoms with Gasteiger partial charge in [0.1, 0.15) is 0 Å². The maximum absolute atomic E-state index is 12.6. The van der Waals surface area contributed by atoms with Crippen LogP contribution < -0.4 is 11.1 Å². The number of hydrogen-bond donors (Lipinski definition) is 2. The summed E-state index contributed by atoms with van der Waals surface area (Å²) in [5.41, 5.74) is 7.56. The van der Waals surface area contributed by atoms with Crippen LogP contribution in [0.5, 0.6) is 0 Å². The molecular formula is C22H31N5O3. The van der Waals surface area contributed by atoms with E-state index >= 15 is 0 Å². The maximum atomic E-state index is 12.6. The van der Waals surface area contributed by atoms with E-state index in [2.05, 4.69) is 10.4 Å². The van der Waals surface area contributed by atoms with Crippen LogP contribution in [-0.4, -0.2) is 40.1 Å². The van der Waals surface area contributed by atoms with Crippen LogP contribution >= 0.6 is 0 Å². The number of nitrogens with zero attached hydrogens (tertiary/aromatic N) is 3. The van der Waals surface area contributed by atoms with Crippen molar-refractivity contribution in [2.24, 2.45) is 17.1 Å². The minimum absolute atomic E-state index is 0.0983. The fourth-order valence-corrected chi connectivity index (χ4v) is 4.92. The molecule has 1 aliphatic heterocycles. The molecule has 8 nitrogen and oxygen atoms in total. The number of amides is 1. The number of carbonyl (C=O) groups is 2. The molecule has 2 atom stereocenters. The molecule has 1 aliphatic carbocycles. The third-order valence-electron chi connectivity index (χ3n) is 6.70. The van der Waals surface area contributed by atoms with Crippen molar-refractivity contribution in [3.8, 4) is 0 Å². The minimum atomic E-state index is -1.23. The average Bonchev–Trinajstić information content (AvgIpc) is 2.99. The highest BCUT2D eigenvalue weighted by Gasteiger charge is 2.48. The molecule has 0 aromatic carbocycles. The lowest BCUT2D eigenvalue weighted by atomic mass is 9.76. The lowest BCUT2D eigenvalue weighted by molar-refractivity contribution is -0.161. The summed E-state index contributed by atoms with van der Waals surface area (Å²) in [4.78, 5) is 29.8. The number of aromatic nitrogens is 3. The second kappa shape index (κ2) is 8.71. The Bertz CT molecular complexity index is 909. The summed E-state index contributed by atoms with van der Waals surface area (Å²) < 4.78 is 6.69. The van der Waals surface area contributed by atoms with Gasteiger partial charge in [-0.2, -0.15) is 5.10 Å². The first kappa shape index (κ1) is 20.8.